The Morgan fingerprint density at radius 2 is 2.08 bits per heavy atom. The number of aryl methyl sites for hydroxylation is 1. The van der Waals surface area contributed by atoms with Crippen LogP contribution in [0, 0.1) is 18.6 Å². The summed E-state index contributed by atoms with van der Waals surface area (Å²) in [4.78, 5) is 15.8. The number of carbonyl (C=O) groups is 1. The van der Waals surface area contributed by atoms with E-state index in [0.717, 1.165) is 24.3 Å². The van der Waals surface area contributed by atoms with Gasteiger partial charge >= 0.3 is 0 Å². The lowest BCUT2D eigenvalue weighted by Gasteiger charge is -1.98. The van der Waals surface area contributed by atoms with E-state index in [4.69, 9.17) is 9.05 Å². The van der Waals surface area contributed by atoms with Crippen molar-refractivity contribution in [3.63, 3.8) is 0 Å². The van der Waals surface area contributed by atoms with Crippen LogP contribution in [0.1, 0.15) is 17.2 Å². The molecule has 0 aliphatic rings. The van der Waals surface area contributed by atoms with E-state index in [9.17, 15) is 13.6 Å². The maximum Gasteiger partial charge on any atom is 0.246 e. The van der Waals surface area contributed by atoms with Gasteiger partial charge in [0.15, 0.2) is 5.69 Å². The van der Waals surface area contributed by atoms with Gasteiger partial charge in [-0.15, -0.1) is 0 Å². The second kappa shape index (κ2) is 7.04. The number of rotatable bonds is 5. The molecule has 0 saturated carbocycles. The van der Waals surface area contributed by atoms with Gasteiger partial charge in [-0.25, -0.2) is 8.78 Å². The van der Waals surface area contributed by atoms with Gasteiger partial charge in [0.05, 0.1) is 6.54 Å². The lowest BCUT2D eigenvalue weighted by atomic mass is 10.2. The molecule has 1 N–H and O–H groups in total. The maximum absolute atomic E-state index is 13.4. The summed E-state index contributed by atoms with van der Waals surface area (Å²) in [5.41, 5.74) is 0.386. The quantitative estimate of drug-likeness (QED) is 0.714. The number of benzene rings is 1. The Labute approximate surface area is 140 Å². The normalized spacial score (nSPS) is 11.2. The predicted molar refractivity (Wildman–Crippen MR) is 81.8 cm³/mol. The van der Waals surface area contributed by atoms with E-state index in [1.54, 1.807) is 13.0 Å². The first-order valence-corrected chi connectivity index (χ1v) is 7.18. The molecule has 9 heteroatoms. The average Bonchev–Trinajstić information content (AvgIpc) is 3.22. The van der Waals surface area contributed by atoms with Gasteiger partial charge in [0.25, 0.3) is 0 Å². The van der Waals surface area contributed by atoms with Gasteiger partial charge in [0, 0.05) is 17.7 Å². The van der Waals surface area contributed by atoms with Gasteiger partial charge < -0.3 is 14.4 Å². The van der Waals surface area contributed by atoms with Crippen molar-refractivity contribution in [1.29, 1.82) is 0 Å². The molecule has 0 fully saturated rings. The molecule has 128 valence electrons. The van der Waals surface area contributed by atoms with Gasteiger partial charge in [0.2, 0.25) is 17.6 Å². The van der Waals surface area contributed by atoms with Gasteiger partial charge in [-0.2, -0.15) is 4.98 Å². The van der Waals surface area contributed by atoms with Crippen LogP contribution >= 0.6 is 0 Å². The van der Waals surface area contributed by atoms with E-state index in [0.29, 0.717) is 11.5 Å². The zero-order valence-electron chi connectivity index (χ0n) is 13.0. The predicted octanol–water partition coefficient (Wildman–Crippen LogP) is 2.64. The molecule has 1 aromatic carbocycles. The van der Waals surface area contributed by atoms with Crippen LogP contribution in [0.2, 0.25) is 0 Å². The van der Waals surface area contributed by atoms with Crippen molar-refractivity contribution in [1.82, 2.24) is 20.6 Å². The topological polar surface area (TPSA) is 94.1 Å². The monoisotopic (exact) mass is 346 g/mol. The van der Waals surface area contributed by atoms with Crippen LogP contribution in [0.15, 0.2) is 39.4 Å². The summed E-state index contributed by atoms with van der Waals surface area (Å²) in [6, 6.07) is 4.61. The van der Waals surface area contributed by atoms with Gasteiger partial charge in [0.1, 0.15) is 17.4 Å². The summed E-state index contributed by atoms with van der Waals surface area (Å²) >= 11 is 0. The third-order valence-corrected chi connectivity index (χ3v) is 3.11. The van der Waals surface area contributed by atoms with Crippen molar-refractivity contribution < 1.29 is 22.6 Å². The fourth-order valence-corrected chi connectivity index (χ4v) is 1.93. The van der Waals surface area contributed by atoms with Crippen LogP contribution in [-0.4, -0.2) is 21.2 Å². The zero-order chi connectivity index (χ0) is 17.8. The zero-order valence-corrected chi connectivity index (χ0v) is 13.0. The molecule has 0 aliphatic heterocycles. The Morgan fingerprint density at radius 1 is 1.24 bits per heavy atom. The lowest BCUT2D eigenvalue weighted by molar-refractivity contribution is -0.116. The van der Waals surface area contributed by atoms with Crippen molar-refractivity contribution in [3.8, 4) is 11.5 Å². The molecule has 0 aliphatic carbocycles. The fraction of sp³-hybridized carbons (Fsp3) is 0.125. The van der Waals surface area contributed by atoms with Crippen molar-refractivity contribution in [2.45, 2.75) is 13.5 Å². The van der Waals surface area contributed by atoms with Gasteiger partial charge in [-0.05, 0) is 31.2 Å². The third kappa shape index (κ3) is 4.14. The molecular weight excluding hydrogens is 334 g/mol. The molecule has 0 radical (unpaired) electrons. The van der Waals surface area contributed by atoms with Crippen LogP contribution in [0.4, 0.5) is 8.78 Å². The molecule has 2 heterocycles. The first-order valence-electron chi connectivity index (χ1n) is 7.18. The van der Waals surface area contributed by atoms with Crippen LogP contribution in [-0.2, 0) is 11.3 Å². The van der Waals surface area contributed by atoms with Crippen LogP contribution in [0.3, 0.4) is 0 Å². The Morgan fingerprint density at radius 3 is 2.84 bits per heavy atom. The largest absolute Gasteiger partial charge is 0.361 e. The van der Waals surface area contributed by atoms with Gasteiger partial charge in [-0.1, -0.05) is 10.3 Å². The highest BCUT2D eigenvalue weighted by molar-refractivity contribution is 5.91. The Balaban J connectivity index is 1.58. The third-order valence-electron chi connectivity index (χ3n) is 3.11. The van der Waals surface area contributed by atoms with E-state index >= 15 is 0 Å². The highest BCUT2D eigenvalue weighted by atomic mass is 19.1. The summed E-state index contributed by atoms with van der Waals surface area (Å²) in [5.74, 6) is -0.754. The first-order chi connectivity index (χ1) is 12.0. The first kappa shape index (κ1) is 16.5. The molecule has 0 saturated heterocycles. The lowest BCUT2D eigenvalue weighted by Crippen LogP contribution is -2.20. The highest BCUT2D eigenvalue weighted by Gasteiger charge is 2.12. The number of aromatic nitrogens is 3. The standard InChI is InChI=1S/C16H12F2N4O3/c1-9-6-13(21-24-9)16-20-15(25-22-16)8-19-14(23)5-2-10-7-11(17)3-4-12(10)18/h2-7H,8H2,1H3,(H,19,23)/b5-2+. The van der Waals surface area contributed by atoms with Gasteiger partial charge in [-0.3, -0.25) is 4.79 Å². The number of hydrogen-bond donors (Lipinski definition) is 1. The van der Waals surface area contributed by atoms with Crippen LogP contribution < -0.4 is 5.32 Å². The van der Waals surface area contributed by atoms with E-state index < -0.39 is 17.5 Å². The SMILES string of the molecule is Cc1cc(-c2noc(CNC(=O)/C=C/c3cc(F)ccc3F)n2)no1. The summed E-state index contributed by atoms with van der Waals surface area (Å²) in [7, 11) is 0. The highest BCUT2D eigenvalue weighted by Crippen LogP contribution is 2.15. The second-order valence-corrected chi connectivity index (χ2v) is 5.05. The minimum atomic E-state index is -0.630. The molecule has 25 heavy (non-hydrogen) atoms. The average molecular weight is 346 g/mol. The number of hydrogen-bond acceptors (Lipinski definition) is 6. The van der Waals surface area contributed by atoms with E-state index in [-0.39, 0.29) is 23.8 Å². The van der Waals surface area contributed by atoms with Crippen molar-refractivity contribution >= 4 is 12.0 Å². The van der Waals surface area contributed by atoms with Crippen molar-refractivity contribution in [2.75, 3.05) is 0 Å². The molecule has 3 rings (SSSR count). The van der Waals surface area contributed by atoms with Crippen LogP contribution in [0.25, 0.3) is 17.6 Å². The summed E-state index contributed by atoms with van der Waals surface area (Å²) in [6.45, 7) is 1.70. The molecule has 0 bridgehead atoms. The summed E-state index contributed by atoms with van der Waals surface area (Å²) < 4.78 is 36.4. The van der Waals surface area contributed by atoms with Crippen molar-refractivity contribution in [3.05, 3.63) is 59.2 Å². The molecule has 0 unspecified atom stereocenters. The summed E-state index contributed by atoms with van der Waals surface area (Å²) in [5, 5.41) is 9.96. The molecule has 0 spiro atoms. The van der Waals surface area contributed by atoms with E-state index in [1.807, 2.05) is 0 Å². The molecule has 3 aromatic rings. The molecule has 1 amide bonds. The van der Waals surface area contributed by atoms with Crippen molar-refractivity contribution in [2.24, 2.45) is 0 Å². The maximum atomic E-state index is 13.4. The Kier molecular flexibility index (Phi) is 4.64. The number of halogens is 2. The molecule has 2 aromatic heterocycles. The minimum Gasteiger partial charge on any atom is -0.361 e. The molecule has 0 atom stereocenters. The smallest absolute Gasteiger partial charge is 0.246 e. The van der Waals surface area contributed by atoms with E-state index in [2.05, 4.69) is 20.6 Å². The number of carbonyl (C=O) groups excluding carboxylic acids is 1. The fourth-order valence-electron chi connectivity index (χ4n) is 1.93. The Hall–Kier alpha value is -3.36. The molecule has 7 nitrogen and oxygen atoms in total. The number of amides is 1. The van der Waals surface area contributed by atoms with E-state index in [1.165, 1.54) is 6.08 Å². The van der Waals surface area contributed by atoms with Crippen LogP contribution in [0.5, 0.6) is 0 Å². The second-order valence-electron chi connectivity index (χ2n) is 5.05. The molecular formula is C16H12F2N4O3. The minimum absolute atomic E-state index is 0.0291. The number of nitrogens with zero attached hydrogens (tertiary/aromatic N) is 3. The Bertz CT molecular complexity index is 933. The summed E-state index contributed by atoms with van der Waals surface area (Å²) in [6.07, 6.45) is 2.25. The number of nitrogens with one attached hydrogen (secondary N) is 1.